The largest absolute Gasteiger partial charge is 0.497 e. The molecule has 2 rings (SSSR count). The predicted octanol–water partition coefficient (Wildman–Crippen LogP) is 1.64. The van der Waals surface area contributed by atoms with Gasteiger partial charge in [0.1, 0.15) is 5.75 Å². The van der Waals surface area contributed by atoms with Crippen molar-refractivity contribution < 1.29 is 9.53 Å². The molecule has 1 aromatic heterocycles. The second kappa shape index (κ2) is 11.5. The number of carbonyl (C=O) groups is 1. The van der Waals surface area contributed by atoms with Gasteiger partial charge in [0.05, 0.1) is 19.3 Å². The van der Waals surface area contributed by atoms with E-state index in [1.807, 2.05) is 49.8 Å². The van der Waals surface area contributed by atoms with Gasteiger partial charge in [0.25, 0.3) is 0 Å². The molecule has 0 spiro atoms. The predicted molar refractivity (Wildman–Crippen MR) is 121 cm³/mol. The summed E-state index contributed by atoms with van der Waals surface area (Å²) >= 11 is 0. The number of carbonyl (C=O) groups excluding carboxylic acids is 1. The summed E-state index contributed by atoms with van der Waals surface area (Å²) in [6, 6.07) is 7.58. The first-order chi connectivity index (χ1) is 12.9. The Morgan fingerprint density at radius 1 is 1.14 bits per heavy atom. The van der Waals surface area contributed by atoms with Gasteiger partial charge in [-0.1, -0.05) is 12.1 Å². The van der Waals surface area contributed by atoms with Crippen molar-refractivity contribution in [3.8, 4) is 5.75 Å². The number of guanidine groups is 1. The Hall–Kier alpha value is -2.30. The van der Waals surface area contributed by atoms with Crippen molar-refractivity contribution in [2.24, 2.45) is 12.0 Å². The van der Waals surface area contributed by atoms with E-state index in [4.69, 9.17) is 4.74 Å². The average Bonchev–Trinajstić information content (AvgIpc) is 2.92. The molecule has 0 bridgehead atoms. The summed E-state index contributed by atoms with van der Waals surface area (Å²) in [4.78, 5) is 16.2. The normalized spacial score (nSPS) is 10.8. The SMILES string of the molecule is CN=C(NCC(=O)NCc1ccc(OC)cc1)NCc1c(C)nn(C)c1C.I. The highest BCUT2D eigenvalue weighted by molar-refractivity contribution is 14.0. The van der Waals surface area contributed by atoms with Crippen molar-refractivity contribution >= 4 is 35.8 Å². The van der Waals surface area contributed by atoms with Gasteiger partial charge in [-0.2, -0.15) is 5.10 Å². The first kappa shape index (κ1) is 23.7. The molecule has 3 N–H and O–H groups in total. The van der Waals surface area contributed by atoms with E-state index >= 15 is 0 Å². The summed E-state index contributed by atoms with van der Waals surface area (Å²) in [5.41, 5.74) is 4.22. The molecule has 154 valence electrons. The van der Waals surface area contributed by atoms with Gasteiger partial charge in [0, 0.05) is 38.4 Å². The Kier molecular flexibility index (Phi) is 9.77. The lowest BCUT2D eigenvalue weighted by molar-refractivity contribution is -0.120. The molecule has 0 saturated carbocycles. The van der Waals surface area contributed by atoms with Crippen LogP contribution in [0.5, 0.6) is 5.75 Å². The molecule has 0 unspecified atom stereocenters. The van der Waals surface area contributed by atoms with Crippen molar-refractivity contribution in [1.29, 1.82) is 0 Å². The Morgan fingerprint density at radius 2 is 1.82 bits per heavy atom. The van der Waals surface area contributed by atoms with E-state index in [-0.39, 0.29) is 36.4 Å². The summed E-state index contributed by atoms with van der Waals surface area (Å²) < 4.78 is 6.98. The summed E-state index contributed by atoms with van der Waals surface area (Å²) in [7, 11) is 5.22. The highest BCUT2D eigenvalue weighted by Gasteiger charge is 2.10. The van der Waals surface area contributed by atoms with Crippen LogP contribution in [0.15, 0.2) is 29.3 Å². The number of amides is 1. The number of halogens is 1. The average molecular weight is 500 g/mol. The van der Waals surface area contributed by atoms with E-state index in [0.717, 1.165) is 28.3 Å². The highest BCUT2D eigenvalue weighted by Crippen LogP contribution is 2.11. The monoisotopic (exact) mass is 500 g/mol. The standard InChI is InChI=1S/C19H28N6O2.HI/c1-13-17(14(2)25(4)24-13)11-22-19(20-3)23-12-18(26)21-10-15-6-8-16(27-5)9-7-15;/h6-9H,10-12H2,1-5H3,(H,21,26)(H2,20,22,23);1H. The van der Waals surface area contributed by atoms with Crippen LogP contribution in [0.3, 0.4) is 0 Å². The van der Waals surface area contributed by atoms with Crippen molar-refractivity contribution in [1.82, 2.24) is 25.7 Å². The molecule has 0 saturated heterocycles. The third-order valence-electron chi connectivity index (χ3n) is 4.38. The minimum Gasteiger partial charge on any atom is -0.497 e. The van der Waals surface area contributed by atoms with Crippen LogP contribution in [0, 0.1) is 13.8 Å². The molecular weight excluding hydrogens is 471 g/mol. The Labute approximate surface area is 183 Å². The fourth-order valence-corrected chi connectivity index (χ4v) is 2.64. The number of benzene rings is 1. The number of ether oxygens (including phenoxy) is 1. The number of nitrogens with one attached hydrogen (secondary N) is 3. The van der Waals surface area contributed by atoms with Gasteiger partial charge in [-0.05, 0) is 31.5 Å². The summed E-state index contributed by atoms with van der Waals surface area (Å²) in [6.07, 6.45) is 0. The lowest BCUT2D eigenvalue weighted by atomic mass is 10.2. The van der Waals surface area contributed by atoms with Gasteiger partial charge in [-0.3, -0.25) is 14.5 Å². The minimum absolute atomic E-state index is 0. The second-order valence-corrected chi connectivity index (χ2v) is 6.18. The zero-order valence-corrected chi connectivity index (χ0v) is 19.3. The first-order valence-corrected chi connectivity index (χ1v) is 8.77. The number of nitrogens with zero attached hydrogens (tertiary/aromatic N) is 3. The fraction of sp³-hybridized carbons (Fsp3) is 0.421. The molecule has 9 heteroatoms. The quantitative estimate of drug-likeness (QED) is 0.306. The second-order valence-electron chi connectivity index (χ2n) is 6.18. The van der Waals surface area contributed by atoms with Crippen molar-refractivity contribution in [3.63, 3.8) is 0 Å². The molecule has 28 heavy (non-hydrogen) atoms. The number of aryl methyl sites for hydroxylation is 2. The minimum atomic E-state index is -0.109. The fourth-order valence-electron chi connectivity index (χ4n) is 2.64. The zero-order valence-electron chi connectivity index (χ0n) is 17.0. The number of aromatic nitrogens is 2. The molecule has 1 heterocycles. The number of hydrogen-bond acceptors (Lipinski definition) is 4. The van der Waals surface area contributed by atoms with E-state index in [9.17, 15) is 4.79 Å². The summed E-state index contributed by atoms with van der Waals surface area (Å²) in [6.45, 7) is 5.21. The van der Waals surface area contributed by atoms with Gasteiger partial charge in [0.2, 0.25) is 5.91 Å². The number of methoxy groups -OCH3 is 1. The van der Waals surface area contributed by atoms with Gasteiger partial charge in [-0.25, -0.2) is 0 Å². The third-order valence-corrected chi connectivity index (χ3v) is 4.38. The Morgan fingerprint density at radius 3 is 2.36 bits per heavy atom. The van der Waals surface area contributed by atoms with E-state index in [1.54, 1.807) is 14.2 Å². The van der Waals surface area contributed by atoms with Gasteiger partial charge < -0.3 is 20.7 Å². The molecule has 2 aromatic rings. The molecular formula is C19H29IN6O2. The van der Waals surface area contributed by atoms with Crippen LogP contribution < -0.4 is 20.7 Å². The van der Waals surface area contributed by atoms with E-state index in [0.29, 0.717) is 19.0 Å². The molecule has 1 amide bonds. The Balaban J connectivity index is 0.00000392. The topological polar surface area (TPSA) is 92.6 Å². The van der Waals surface area contributed by atoms with E-state index in [2.05, 4.69) is 26.0 Å². The van der Waals surface area contributed by atoms with Gasteiger partial charge in [-0.15, -0.1) is 24.0 Å². The maximum Gasteiger partial charge on any atom is 0.239 e. The van der Waals surface area contributed by atoms with Gasteiger partial charge in [0.15, 0.2) is 5.96 Å². The molecule has 0 aliphatic heterocycles. The van der Waals surface area contributed by atoms with Crippen LogP contribution in [0.2, 0.25) is 0 Å². The third kappa shape index (κ3) is 6.70. The van der Waals surface area contributed by atoms with Crippen LogP contribution >= 0.6 is 24.0 Å². The van der Waals surface area contributed by atoms with E-state index < -0.39 is 0 Å². The summed E-state index contributed by atoms with van der Waals surface area (Å²) in [5.74, 6) is 1.25. The molecule has 0 radical (unpaired) electrons. The smallest absolute Gasteiger partial charge is 0.239 e. The number of rotatable bonds is 7. The van der Waals surface area contributed by atoms with Crippen molar-refractivity contribution in [2.45, 2.75) is 26.9 Å². The van der Waals surface area contributed by atoms with Crippen LogP contribution in [0.1, 0.15) is 22.5 Å². The van der Waals surface area contributed by atoms with Crippen LogP contribution in [0.4, 0.5) is 0 Å². The molecule has 0 aliphatic carbocycles. The van der Waals surface area contributed by atoms with Gasteiger partial charge >= 0.3 is 0 Å². The Bertz CT molecular complexity index is 802. The highest BCUT2D eigenvalue weighted by atomic mass is 127. The van der Waals surface area contributed by atoms with Crippen LogP contribution in [-0.4, -0.2) is 42.3 Å². The number of hydrogen-bond donors (Lipinski definition) is 3. The lowest BCUT2D eigenvalue weighted by Gasteiger charge is -2.12. The number of aliphatic imine (C=N–C) groups is 1. The molecule has 8 nitrogen and oxygen atoms in total. The first-order valence-electron chi connectivity index (χ1n) is 8.77. The zero-order chi connectivity index (χ0) is 19.8. The maximum atomic E-state index is 12.1. The summed E-state index contributed by atoms with van der Waals surface area (Å²) in [5, 5.41) is 13.5. The molecule has 0 atom stereocenters. The molecule has 0 fully saturated rings. The van der Waals surface area contributed by atoms with Crippen molar-refractivity contribution in [3.05, 3.63) is 46.8 Å². The maximum absolute atomic E-state index is 12.1. The lowest BCUT2D eigenvalue weighted by Crippen LogP contribution is -2.42. The molecule has 1 aromatic carbocycles. The molecule has 0 aliphatic rings. The van der Waals surface area contributed by atoms with E-state index in [1.165, 1.54) is 0 Å². The van der Waals surface area contributed by atoms with Crippen LogP contribution in [0.25, 0.3) is 0 Å². The van der Waals surface area contributed by atoms with Crippen molar-refractivity contribution in [2.75, 3.05) is 20.7 Å². The van der Waals surface area contributed by atoms with Crippen LogP contribution in [-0.2, 0) is 24.9 Å².